The number of anilines is 1. The van der Waals surface area contributed by atoms with E-state index in [0.29, 0.717) is 5.56 Å². The van der Waals surface area contributed by atoms with Crippen molar-refractivity contribution in [2.75, 3.05) is 5.32 Å². The molecule has 18 heavy (non-hydrogen) atoms. The standard InChI is InChI=1S/C15H14FNO/c1-10-6-11(2)8-14(7-10)17-15(18)12-4-3-5-13(16)9-12/h3-9H,1-2H3,(H,17,18). The number of nitrogens with one attached hydrogen (secondary N) is 1. The predicted octanol–water partition coefficient (Wildman–Crippen LogP) is 3.69. The van der Waals surface area contributed by atoms with Crippen LogP contribution in [0.2, 0.25) is 0 Å². The minimum Gasteiger partial charge on any atom is -0.322 e. The van der Waals surface area contributed by atoms with E-state index in [1.54, 1.807) is 6.07 Å². The van der Waals surface area contributed by atoms with Gasteiger partial charge in [0.25, 0.3) is 5.91 Å². The highest BCUT2D eigenvalue weighted by atomic mass is 19.1. The maximum absolute atomic E-state index is 13.0. The van der Waals surface area contributed by atoms with Crippen LogP contribution in [0.25, 0.3) is 0 Å². The van der Waals surface area contributed by atoms with E-state index in [9.17, 15) is 9.18 Å². The molecule has 1 amide bonds. The lowest BCUT2D eigenvalue weighted by Gasteiger charge is -2.07. The third-order valence-corrected chi connectivity index (χ3v) is 2.57. The number of hydrogen-bond donors (Lipinski definition) is 1. The number of carbonyl (C=O) groups excluding carboxylic acids is 1. The summed E-state index contributed by atoms with van der Waals surface area (Å²) in [6.07, 6.45) is 0. The molecule has 0 heterocycles. The van der Waals surface area contributed by atoms with Crippen LogP contribution in [0.1, 0.15) is 21.5 Å². The quantitative estimate of drug-likeness (QED) is 0.856. The van der Waals surface area contributed by atoms with E-state index in [1.165, 1.54) is 18.2 Å². The van der Waals surface area contributed by atoms with Gasteiger partial charge in [-0.2, -0.15) is 0 Å². The van der Waals surface area contributed by atoms with Gasteiger partial charge in [-0.05, 0) is 55.3 Å². The molecule has 0 aliphatic carbocycles. The molecule has 2 nitrogen and oxygen atoms in total. The van der Waals surface area contributed by atoms with Gasteiger partial charge in [-0.3, -0.25) is 4.79 Å². The molecule has 0 aromatic heterocycles. The summed E-state index contributed by atoms with van der Waals surface area (Å²) in [6.45, 7) is 3.93. The van der Waals surface area contributed by atoms with Crippen LogP contribution in [0.15, 0.2) is 42.5 Å². The fraction of sp³-hybridized carbons (Fsp3) is 0.133. The van der Waals surface area contributed by atoms with E-state index in [2.05, 4.69) is 5.32 Å². The minimum absolute atomic E-state index is 0.306. The Morgan fingerprint density at radius 3 is 2.33 bits per heavy atom. The van der Waals surface area contributed by atoms with E-state index in [1.807, 2.05) is 32.0 Å². The lowest BCUT2D eigenvalue weighted by Crippen LogP contribution is -2.12. The first-order chi connectivity index (χ1) is 8.54. The molecule has 0 saturated carbocycles. The van der Waals surface area contributed by atoms with Crippen LogP contribution in [0, 0.1) is 19.7 Å². The third-order valence-electron chi connectivity index (χ3n) is 2.57. The molecule has 0 radical (unpaired) electrons. The summed E-state index contributed by atoms with van der Waals surface area (Å²) in [4.78, 5) is 11.9. The van der Waals surface area contributed by atoms with Crippen molar-refractivity contribution in [3.63, 3.8) is 0 Å². The Bertz CT molecular complexity index is 573. The van der Waals surface area contributed by atoms with Crippen molar-refractivity contribution in [2.24, 2.45) is 0 Å². The Balaban J connectivity index is 2.21. The van der Waals surface area contributed by atoms with Gasteiger partial charge in [0.2, 0.25) is 0 Å². The lowest BCUT2D eigenvalue weighted by molar-refractivity contribution is 0.102. The molecule has 0 unspecified atom stereocenters. The van der Waals surface area contributed by atoms with E-state index in [4.69, 9.17) is 0 Å². The molecule has 3 heteroatoms. The molecule has 0 spiro atoms. The predicted molar refractivity (Wildman–Crippen MR) is 70.3 cm³/mol. The molecular formula is C15H14FNO. The van der Waals surface area contributed by atoms with Crippen molar-refractivity contribution < 1.29 is 9.18 Å². The zero-order chi connectivity index (χ0) is 13.1. The highest BCUT2D eigenvalue weighted by Gasteiger charge is 2.07. The highest BCUT2D eigenvalue weighted by Crippen LogP contribution is 2.15. The average Bonchev–Trinajstić information content (AvgIpc) is 2.27. The van der Waals surface area contributed by atoms with Crippen molar-refractivity contribution in [1.29, 1.82) is 0 Å². The van der Waals surface area contributed by atoms with Gasteiger partial charge in [0.1, 0.15) is 5.82 Å². The molecule has 1 N–H and O–H groups in total. The number of carbonyl (C=O) groups is 1. The van der Waals surface area contributed by atoms with Gasteiger partial charge in [0, 0.05) is 11.3 Å². The largest absolute Gasteiger partial charge is 0.322 e. The summed E-state index contributed by atoms with van der Waals surface area (Å²) in [7, 11) is 0. The fourth-order valence-corrected chi connectivity index (χ4v) is 1.88. The Kier molecular flexibility index (Phi) is 3.42. The molecule has 0 atom stereocenters. The Morgan fingerprint density at radius 2 is 1.72 bits per heavy atom. The van der Waals surface area contributed by atoms with E-state index < -0.39 is 5.82 Å². The summed E-state index contributed by atoms with van der Waals surface area (Å²) in [5, 5.41) is 2.76. The number of amides is 1. The van der Waals surface area contributed by atoms with Crippen molar-refractivity contribution >= 4 is 11.6 Å². The second-order valence-corrected chi connectivity index (χ2v) is 4.34. The normalized spacial score (nSPS) is 10.2. The number of rotatable bonds is 2. The molecule has 2 rings (SSSR count). The number of benzene rings is 2. The average molecular weight is 243 g/mol. The van der Waals surface area contributed by atoms with Crippen LogP contribution in [0.4, 0.5) is 10.1 Å². The first-order valence-electron chi connectivity index (χ1n) is 5.70. The summed E-state index contributed by atoms with van der Waals surface area (Å²) in [5.41, 5.74) is 3.19. The SMILES string of the molecule is Cc1cc(C)cc(NC(=O)c2cccc(F)c2)c1. The first-order valence-corrected chi connectivity index (χ1v) is 5.70. The van der Waals surface area contributed by atoms with E-state index >= 15 is 0 Å². The van der Waals surface area contributed by atoms with Crippen molar-refractivity contribution in [3.05, 3.63) is 65.0 Å². The molecule has 0 aliphatic rings. The molecular weight excluding hydrogens is 229 g/mol. The zero-order valence-corrected chi connectivity index (χ0v) is 10.3. The van der Waals surface area contributed by atoms with Crippen molar-refractivity contribution in [1.82, 2.24) is 0 Å². The Labute approximate surface area is 105 Å². The number of halogens is 1. The summed E-state index contributed by atoms with van der Waals surface area (Å²) in [5.74, 6) is -0.720. The maximum Gasteiger partial charge on any atom is 0.255 e. The van der Waals surface area contributed by atoms with Gasteiger partial charge < -0.3 is 5.32 Å². The smallest absolute Gasteiger partial charge is 0.255 e. The minimum atomic E-state index is -0.414. The van der Waals surface area contributed by atoms with Crippen LogP contribution >= 0.6 is 0 Å². The van der Waals surface area contributed by atoms with E-state index in [0.717, 1.165) is 16.8 Å². The molecule has 2 aromatic rings. The van der Waals surface area contributed by atoms with Gasteiger partial charge in [-0.25, -0.2) is 4.39 Å². The molecule has 0 fully saturated rings. The monoisotopic (exact) mass is 243 g/mol. The van der Waals surface area contributed by atoms with Crippen LogP contribution in [-0.4, -0.2) is 5.91 Å². The highest BCUT2D eigenvalue weighted by molar-refractivity contribution is 6.04. The van der Waals surface area contributed by atoms with Gasteiger partial charge >= 0.3 is 0 Å². The third kappa shape index (κ3) is 2.94. The molecule has 0 bridgehead atoms. The van der Waals surface area contributed by atoms with Crippen LogP contribution in [0.5, 0.6) is 0 Å². The van der Waals surface area contributed by atoms with E-state index in [-0.39, 0.29) is 5.91 Å². The Morgan fingerprint density at radius 1 is 1.06 bits per heavy atom. The lowest BCUT2D eigenvalue weighted by atomic mass is 10.1. The second-order valence-electron chi connectivity index (χ2n) is 4.34. The number of aryl methyl sites for hydroxylation is 2. The van der Waals surface area contributed by atoms with Crippen molar-refractivity contribution in [3.8, 4) is 0 Å². The maximum atomic E-state index is 13.0. The van der Waals surface area contributed by atoms with Crippen LogP contribution in [-0.2, 0) is 0 Å². The Hall–Kier alpha value is -2.16. The summed E-state index contributed by atoms with van der Waals surface area (Å²) >= 11 is 0. The van der Waals surface area contributed by atoms with Gasteiger partial charge in [0.15, 0.2) is 0 Å². The molecule has 2 aromatic carbocycles. The summed E-state index contributed by atoms with van der Waals surface area (Å²) in [6, 6.07) is 11.4. The number of hydrogen-bond acceptors (Lipinski definition) is 1. The summed E-state index contributed by atoms with van der Waals surface area (Å²) < 4.78 is 13.0. The van der Waals surface area contributed by atoms with Crippen LogP contribution < -0.4 is 5.32 Å². The molecule has 92 valence electrons. The van der Waals surface area contributed by atoms with Crippen molar-refractivity contribution in [2.45, 2.75) is 13.8 Å². The zero-order valence-electron chi connectivity index (χ0n) is 10.3. The topological polar surface area (TPSA) is 29.1 Å². The fourth-order valence-electron chi connectivity index (χ4n) is 1.88. The van der Waals surface area contributed by atoms with Gasteiger partial charge in [-0.1, -0.05) is 12.1 Å². The van der Waals surface area contributed by atoms with Gasteiger partial charge in [0.05, 0.1) is 0 Å². The van der Waals surface area contributed by atoms with Crippen LogP contribution in [0.3, 0.4) is 0 Å². The second kappa shape index (κ2) is 5.00. The first kappa shape index (κ1) is 12.3. The van der Waals surface area contributed by atoms with Gasteiger partial charge in [-0.15, -0.1) is 0 Å². The molecule has 0 saturated heterocycles. The molecule has 0 aliphatic heterocycles.